The maximum Gasteiger partial charge on any atom is 0.516 e. The van der Waals surface area contributed by atoms with E-state index in [0.29, 0.717) is 6.29 Å². The zero-order valence-corrected chi connectivity index (χ0v) is 15.5. The zero-order valence-electron chi connectivity index (χ0n) is 15.5. The quantitative estimate of drug-likeness (QED) is 0.310. The lowest BCUT2D eigenvalue weighted by Gasteiger charge is -2.24. The van der Waals surface area contributed by atoms with Gasteiger partial charge in [0.2, 0.25) is 0 Å². The molecule has 0 aliphatic rings. The Bertz CT molecular complexity index is 489. The van der Waals surface area contributed by atoms with Gasteiger partial charge in [-0.1, -0.05) is 0 Å². The van der Waals surface area contributed by atoms with Gasteiger partial charge >= 0.3 is 18.1 Å². The van der Waals surface area contributed by atoms with Crippen LogP contribution in [-0.2, 0) is 33.3 Å². The molecule has 0 spiro atoms. The molecule has 0 bridgehead atoms. The van der Waals surface area contributed by atoms with Crippen molar-refractivity contribution in [1.29, 1.82) is 0 Å². The molecule has 0 aromatic heterocycles. The molecular weight excluding hydrogens is 334 g/mol. The summed E-state index contributed by atoms with van der Waals surface area (Å²) in [6.07, 6.45) is -2.64. The summed E-state index contributed by atoms with van der Waals surface area (Å²) in [7, 11) is 0. The molecule has 0 saturated heterocycles. The highest BCUT2D eigenvalue weighted by Gasteiger charge is 2.26. The van der Waals surface area contributed by atoms with Crippen LogP contribution in [0.25, 0.3) is 0 Å². The van der Waals surface area contributed by atoms with E-state index in [4.69, 9.17) is 19.9 Å². The molecule has 2 N–H and O–H groups in total. The minimum Gasteiger partial charge on any atom is -0.428 e. The van der Waals surface area contributed by atoms with Crippen LogP contribution in [0.4, 0.5) is 4.79 Å². The number of hydrogen-bond donors (Lipinski definition) is 1. The van der Waals surface area contributed by atoms with E-state index < -0.39 is 41.6 Å². The summed E-state index contributed by atoms with van der Waals surface area (Å²) in [6, 6.07) is -1.18. The summed E-state index contributed by atoms with van der Waals surface area (Å²) in [5.74, 6) is -1.80. The molecule has 0 saturated carbocycles. The van der Waals surface area contributed by atoms with Gasteiger partial charge in [0.05, 0.1) is 5.60 Å². The maximum atomic E-state index is 11.8. The third-order valence-corrected chi connectivity index (χ3v) is 2.36. The fourth-order valence-corrected chi connectivity index (χ4v) is 1.44. The number of carbonyl (C=O) groups excluding carboxylic acids is 4. The van der Waals surface area contributed by atoms with E-state index in [0.717, 1.165) is 0 Å². The van der Waals surface area contributed by atoms with Gasteiger partial charge in [0.25, 0.3) is 6.29 Å². The van der Waals surface area contributed by atoms with Crippen molar-refractivity contribution < 1.29 is 38.1 Å². The van der Waals surface area contributed by atoms with Crippen LogP contribution >= 0.6 is 0 Å². The van der Waals surface area contributed by atoms with Crippen molar-refractivity contribution in [3.8, 4) is 0 Å². The van der Waals surface area contributed by atoms with Crippen LogP contribution in [0.5, 0.6) is 0 Å². The first-order chi connectivity index (χ1) is 11.2. The summed E-state index contributed by atoms with van der Waals surface area (Å²) in [5, 5.41) is 0. The SMILES string of the molecule is CC(C)(C)OC(=O)OC(=O)CC[C@H](N)C(=O)OC(C=O)OC(C)(C)C. The second kappa shape index (κ2) is 9.47. The van der Waals surface area contributed by atoms with Gasteiger partial charge in [0, 0.05) is 6.42 Å². The van der Waals surface area contributed by atoms with Crippen molar-refractivity contribution in [1.82, 2.24) is 0 Å². The number of rotatable bonds is 7. The summed E-state index contributed by atoms with van der Waals surface area (Å²) >= 11 is 0. The number of carbonyl (C=O) groups is 4. The van der Waals surface area contributed by atoms with Gasteiger partial charge in [-0.2, -0.15) is 0 Å². The molecule has 0 rings (SSSR count). The molecule has 0 heterocycles. The summed E-state index contributed by atoms with van der Waals surface area (Å²) in [5.41, 5.74) is 4.10. The second-order valence-electron chi connectivity index (χ2n) is 7.26. The number of esters is 2. The standard InChI is InChI=1S/C16H27NO8/c1-15(2,3)24-12(9-18)23-13(20)10(17)7-8-11(19)22-14(21)25-16(4,5)6/h9-10,12H,7-8,17H2,1-6H3/t10-,12?/m0/s1. The highest BCUT2D eigenvalue weighted by atomic mass is 16.7. The lowest BCUT2D eigenvalue weighted by Crippen LogP contribution is -2.39. The highest BCUT2D eigenvalue weighted by Crippen LogP contribution is 2.12. The minimum absolute atomic E-state index is 0.137. The van der Waals surface area contributed by atoms with Crippen molar-refractivity contribution in [2.24, 2.45) is 5.73 Å². The molecule has 25 heavy (non-hydrogen) atoms. The van der Waals surface area contributed by atoms with E-state index in [9.17, 15) is 19.2 Å². The molecule has 0 fully saturated rings. The molecule has 9 heteroatoms. The summed E-state index contributed by atoms with van der Waals surface area (Å²) < 4.78 is 19.3. The lowest BCUT2D eigenvalue weighted by molar-refractivity contribution is -0.199. The molecule has 0 aliphatic heterocycles. The van der Waals surface area contributed by atoms with E-state index in [1.165, 1.54) is 0 Å². The van der Waals surface area contributed by atoms with E-state index in [2.05, 4.69) is 4.74 Å². The van der Waals surface area contributed by atoms with Gasteiger partial charge in [0.15, 0.2) is 6.29 Å². The molecule has 0 radical (unpaired) electrons. The van der Waals surface area contributed by atoms with Crippen molar-refractivity contribution in [3.63, 3.8) is 0 Å². The number of nitrogens with two attached hydrogens (primary N) is 1. The van der Waals surface area contributed by atoms with E-state index >= 15 is 0 Å². The third kappa shape index (κ3) is 12.1. The Morgan fingerprint density at radius 3 is 2.04 bits per heavy atom. The van der Waals surface area contributed by atoms with Gasteiger partial charge in [0.1, 0.15) is 11.6 Å². The first-order valence-electron chi connectivity index (χ1n) is 7.76. The topological polar surface area (TPSA) is 131 Å². The zero-order chi connectivity index (χ0) is 19.8. The monoisotopic (exact) mass is 361 g/mol. The normalized spacial score (nSPS) is 14.2. The second-order valence-corrected chi connectivity index (χ2v) is 7.26. The van der Waals surface area contributed by atoms with Crippen molar-refractivity contribution in [3.05, 3.63) is 0 Å². The molecule has 0 amide bonds. The van der Waals surface area contributed by atoms with Crippen molar-refractivity contribution in [2.75, 3.05) is 0 Å². The van der Waals surface area contributed by atoms with E-state index in [1.54, 1.807) is 41.5 Å². The predicted molar refractivity (Wildman–Crippen MR) is 86.3 cm³/mol. The average molecular weight is 361 g/mol. The minimum atomic E-state index is -1.40. The lowest BCUT2D eigenvalue weighted by atomic mass is 10.2. The van der Waals surface area contributed by atoms with Gasteiger partial charge in [-0.05, 0) is 48.0 Å². The molecule has 2 atom stereocenters. The molecule has 0 aromatic carbocycles. The Morgan fingerprint density at radius 1 is 1.04 bits per heavy atom. The van der Waals surface area contributed by atoms with Crippen LogP contribution in [-0.4, -0.2) is 47.9 Å². The predicted octanol–water partition coefficient (Wildman–Crippen LogP) is 1.46. The number of hydrogen-bond acceptors (Lipinski definition) is 9. The van der Waals surface area contributed by atoms with Crippen molar-refractivity contribution >= 4 is 24.4 Å². The Morgan fingerprint density at radius 2 is 1.60 bits per heavy atom. The van der Waals surface area contributed by atoms with Gasteiger partial charge in [-0.15, -0.1) is 0 Å². The van der Waals surface area contributed by atoms with Crippen molar-refractivity contribution in [2.45, 2.75) is 77.9 Å². The summed E-state index contributed by atoms with van der Waals surface area (Å²) in [4.78, 5) is 45.5. The van der Waals surface area contributed by atoms with Crippen LogP contribution in [0, 0.1) is 0 Å². The van der Waals surface area contributed by atoms with Crippen LogP contribution in [0.1, 0.15) is 54.4 Å². The summed E-state index contributed by atoms with van der Waals surface area (Å²) in [6.45, 7) is 9.91. The molecule has 9 nitrogen and oxygen atoms in total. The molecular formula is C16H27NO8. The van der Waals surface area contributed by atoms with Crippen LogP contribution in [0.3, 0.4) is 0 Å². The Kier molecular flexibility index (Phi) is 8.72. The largest absolute Gasteiger partial charge is 0.516 e. The van der Waals surface area contributed by atoms with Crippen LogP contribution < -0.4 is 5.73 Å². The van der Waals surface area contributed by atoms with Gasteiger partial charge < -0.3 is 24.7 Å². The Labute approximate surface area is 147 Å². The fraction of sp³-hybridized carbons (Fsp3) is 0.750. The highest BCUT2D eigenvalue weighted by molar-refractivity contribution is 5.83. The van der Waals surface area contributed by atoms with E-state index in [1.807, 2.05) is 0 Å². The smallest absolute Gasteiger partial charge is 0.428 e. The first kappa shape index (κ1) is 23.0. The Hall–Kier alpha value is -2.00. The van der Waals surface area contributed by atoms with Crippen LogP contribution in [0.15, 0.2) is 0 Å². The van der Waals surface area contributed by atoms with E-state index in [-0.39, 0.29) is 12.8 Å². The maximum absolute atomic E-state index is 11.8. The van der Waals surface area contributed by atoms with Gasteiger partial charge in [-0.25, -0.2) is 4.79 Å². The third-order valence-electron chi connectivity index (χ3n) is 2.36. The average Bonchev–Trinajstić information content (AvgIpc) is 2.39. The fourth-order valence-electron chi connectivity index (χ4n) is 1.44. The number of ether oxygens (including phenoxy) is 4. The molecule has 0 aromatic rings. The first-order valence-corrected chi connectivity index (χ1v) is 7.76. The number of aldehydes is 1. The molecule has 1 unspecified atom stereocenters. The van der Waals surface area contributed by atoms with Gasteiger partial charge in [-0.3, -0.25) is 14.4 Å². The molecule has 0 aliphatic carbocycles. The molecule has 144 valence electrons. The van der Waals surface area contributed by atoms with Crippen LogP contribution in [0.2, 0.25) is 0 Å². The Balaban J connectivity index is 4.33.